The molecule has 0 radical (unpaired) electrons. The van der Waals surface area contributed by atoms with E-state index in [9.17, 15) is 9.59 Å². The number of nitrogens with one attached hydrogen (secondary N) is 1. The van der Waals surface area contributed by atoms with Crippen LogP contribution in [0.4, 0.5) is 5.82 Å². The SMILES string of the molecule is Cc1cc(N2C[C@]34C=C[C@@H](O3)[C@@H](C(=O)NCc3ccc5c(c3)OCO5)[C@@H]4C2=O)no1. The fourth-order valence-electron chi connectivity index (χ4n) is 4.83. The van der Waals surface area contributed by atoms with Gasteiger partial charge >= 0.3 is 0 Å². The molecule has 1 aromatic heterocycles. The summed E-state index contributed by atoms with van der Waals surface area (Å²) in [6.07, 6.45) is 3.39. The minimum atomic E-state index is -0.796. The second-order valence-corrected chi connectivity index (χ2v) is 8.03. The van der Waals surface area contributed by atoms with Crippen LogP contribution in [-0.2, 0) is 20.9 Å². The summed E-state index contributed by atoms with van der Waals surface area (Å²) < 4.78 is 21.9. The van der Waals surface area contributed by atoms with Crippen LogP contribution in [0.2, 0.25) is 0 Å². The van der Waals surface area contributed by atoms with Gasteiger partial charge in [0.2, 0.25) is 18.6 Å². The highest BCUT2D eigenvalue weighted by Crippen LogP contribution is 2.52. The van der Waals surface area contributed by atoms with Crippen molar-refractivity contribution in [1.82, 2.24) is 10.5 Å². The molecular weight excluding hydrogens is 390 g/mol. The van der Waals surface area contributed by atoms with Crippen LogP contribution in [0.15, 0.2) is 40.9 Å². The van der Waals surface area contributed by atoms with E-state index in [0.717, 1.165) is 5.56 Å². The van der Waals surface area contributed by atoms with Crippen molar-refractivity contribution in [3.8, 4) is 11.5 Å². The number of ether oxygens (including phenoxy) is 3. The van der Waals surface area contributed by atoms with Crippen molar-refractivity contribution in [2.45, 2.75) is 25.2 Å². The molecule has 6 rings (SSSR count). The molecule has 5 heterocycles. The van der Waals surface area contributed by atoms with Crippen LogP contribution < -0.4 is 19.7 Å². The van der Waals surface area contributed by atoms with Gasteiger partial charge in [0, 0.05) is 12.6 Å². The highest BCUT2D eigenvalue weighted by atomic mass is 16.7. The van der Waals surface area contributed by atoms with E-state index in [0.29, 0.717) is 36.2 Å². The first-order chi connectivity index (χ1) is 14.5. The third-order valence-electron chi connectivity index (χ3n) is 6.20. The number of carbonyl (C=O) groups is 2. The molecule has 2 saturated heterocycles. The summed E-state index contributed by atoms with van der Waals surface area (Å²) in [6.45, 7) is 2.61. The highest BCUT2D eigenvalue weighted by Gasteiger charge is 2.67. The van der Waals surface area contributed by atoms with Gasteiger partial charge in [0.15, 0.2) is 17.3 Å². The Morgan fingerprint density at radius 2 is 2.17 bits per heavy atom. The molecule has 9 heteroatoms. The molecule has 1 N–H and O–H groups in total. The summed E-state index contributed by atoms with van der Waals surface area (Å²) in [6, 6.07) is 7.25. The number of carbonyl (C=O) groups excluding carboxylic acids is 2. The maximum absolute atomic E-state index is 13.2. The molecule has 0 saturated carbocycles. The first kappa shape index (κ1) is 17.5. The first-order valence-electron chi connectivity index (χ1n) is 9.82. The predicted molar refractivity (Wildman–Crippen MR) is 102 cm³/mol. The molecule has 2 fully saturated rings. The molecule has 4 aliphatic rings. The second kappa shape index (κ2) is 6.09. The second-order valence-electron chi connectivity index (χ2n) is 8.03. The maximum Gasteiger partial charge on any atom is 0.235 e. The molecule has 0 unspecified atom stereocenters. The molecule has 0 aliphatic carbocycles. The zero-order chi connectivity index (χ0) is 20.5. The summed E-state index contributed by atoms with van der Waals surface area (Å²) in [5.74, 6) is 0.872. The Morgan fingerprint density at radius 3 is 3.00 bits per heavy atom. The maximum atomic E-state index is 13.2. The normalized spacial score (nSPS) is 30.2. The smallest absolute Gasteiger partial charge is 0.235 e. The number of anilines is 1. The van der Waals surface area contributed by atoms with E-state index >= 15 is 0 Å². The van der Waals surface area contributed by atoms with Gasteiger partial charge in [-0.2, -0.15) is 0 Å². The summed E-state index contributed by atoms with van der Waals surface area (Å²) in [5, 5.41) is 6.91. The lowest BCUT2D eigenvalue weighted by atomic mass is 9.77. The number of aromatic nitrogens is 1. The third-order valence-corrected chi connectivity index (χ3v) is 6.20. The molecule has 154 valence electrons. The van der Waals surface area contributed by atoms with Crippen molar-refractivity contribution in [2.24, 2.45) is 11.8 Å². The quantitative estimate of drug-likeness (QED) is 0.760. The average molecular weight is 409 g/mol. The molecule has 2 bridgehead atoms. The molecule has 1 aromatic carbocycles. The Balaban J connectivity index is 1.21. The standard InChI is InChI=1S/C21H19N3O6/c1-11-6-16(23-30-11)24-9-21-5-4-14(29-21)17(18(21)20(24)26)19(25)22-8-12-2-3-13-15(7-12)28-10-27-13/h2-7,14,17-18H,8-10H2,1H3,(H,22,25)/t14-,17-,18-,21+/m1/s1. The van der Waals surface area contributed by atoms with E-state index in [1.807, 2.05) is 30.4 Å². The van der Waals surface area contributed by atoms with Gasteiger partial charge in [-0.15, -0.1) is 0 Å². The Bertz CT molecular complexity index is 1090. The number of hydrogen-bond acceptors (Lipinski definition) is 7. The Morgan fingerprint density at radius 1 is 1.30 bits per heavy atom. The Kier molecular flexibility index (Phi) is 3.55. The topological polar surface area (TPSA) is 103 Å². The zero-order valence-electron chi connectivity index (χ0n) is 16.2. The van der Waals surface area contributed by atoms with Crippen molar-refractivity contribution < 1.29 is 28.3 Å². The van der Waals surface area contributed by atoms with Crippen LogP contribution in [0.25, 0.3) is 0 Å². The minimum Gasteiger partial charge on any atom is -0.454 e. The fourth-order valence-corrected chi connectivity index (χ4v) is 4.83. The minimum absolute atomic E-state index is 0.168. The van der Waals surface area contributed by atoms with Gasteiger partial charge in [-0.05, 0) is 24.6 Å². The molecule has 2 amide bonds. The molecule has 4 aliphatic heterocycles. The largest absolute Gasteiger partial charge is 0.454 e. The molecule has 30 heavy (non-hydrogen) atoms. The van der Waals surface area contributed by atoms with Gasteiger partial charge < -0.3 is 24.1 Å². The predicted octanol–water partition coefficient (Wildman–Crippen LogP) is 1.31. The van der Waals surface area contributed by atoms with E-state index in [1.54, 1.807) is 17.9 Å². The lowest BCUT2D eigenvalue weighted by Gasteiger charge is -2.23. The van der Waals surface area contributed by atoms with Crippen LogP contribution >= 0.6 is 0 Å². The number of amides is 2. The number of fused-ring (bicyclic) bond motifs is 2. The van der Waals surface area contributed by atoms with Gasteiger partial charge in [0.1, 0.15) is 11.4 Å². The molecule has 9 nitrogen and oxygen atoms in total. The molecular formula is C21H19N3O6. The lowest BCUT2D eigenvalue weighted by Crippen LogP contribution is -2.44. The molecule has 4 atom stereocenters. The van der Waals surface area contributed by atoms with Crippen molar-refractivity contribution in [1.29, 1.82) is 0 Å². The van der Waals surface area contributed by atoms with Crippen LogP contribution in [0.5, 0.6) is 11.5 Å². The van der Waals surface area contributed by atoms with E-state index in [4.69, 9.17) is 18.7 Å². The number of rotatable bonds is 4. The number of benzene rings is 1. The summed E-state index contributed by atoms with van der Waals surface area (Å²) in [4.78, 5) is 27.9. The van der Waals surface area contributed by atoms with Gasteiger partial charge in [0.05, 0.1) is 24.5 Å². The van der Waals surface area contributed by atoms with E-state index in [-0.39, 0.29) is 18.6 Å². The highest BCUT2D eigenvalue weighted by molar-refractivity contribution is 6.02. The first-order valence-corrected chi connectivity index (χ1v) is 9.82. The number of nitrogens with zero attached hydrogens (tertiary/aromatic N) is 2. The third kappa shape index (κ3) is 2.41. The average Bonchev–Trinajstić information content (AvgIpc) is 3.53. The summed E-state index contributed by atoms with van der Waals surface area (Å²) in [7, 11) is 0. The van der Waals surface area contributed by atoms with E-state index in [2.05, 4.69) is 10.5 Å². The summed E-state index contributed by atoms with van der Waals surface area (Å²) in [5.41, 5.74) is 0.0920. The lowest BCUT2D eigenvalue weighted by molar-refractivity contribution is -0.132. The van der Waals surface area contributed by atoms with Crippen molar-refractivity contribution in [3.05, 3.63) is 47.7 Å². The van der Waals surface area contributed by atoms with Crippen LogP contribution in [0, 0.1) is 18.8 Å². The van der Waals surface area contributed by atoms with E-state index < -0.39 is 23.5 Å². The molecule has 1 spiro atoms. The van der Waals surface area contributed by atoms with Gasteiger partial charge in [-0.3, -0.25) is 14.5 Å². The number of aryl methyl sites for hydroxylation is 1. The van der Waals surface area contributed by atoms with Gasteiger partial charge in [0.25, 0.3) is 0 Å². The van der Waals surface area contributed by atoms with E-state index in [1.165, 1.54) is 0 Å². The summed E-state index contributed by atoms with van der Waals surface area (Å²) >= 11 is 0. The van der Waals surface area contributed by atoms with Gasteiger partial charge in [-0.1, -0.05) is 23.4 Å². The van der Waals surface area contributed by atoms with Crippen molar-refractivity contribution >= 4 is 17.6 Å². The van der Waals surface area contributed by atoms with Gasteiger partial charge in [-0.25, -0.2) is 0 Å². The zero-order valence-corrected chi connectivity index (χ0v) is 16.2. The monoisotopic (exact) mass is 409 g/mol. The Hall–Kier alpha value is -3.33. The van der Waals surface area contributed by atoms with Crippen LogP contribution in [0.1, 0.15) is 11.3 Å². The van der Waals surface area contributed by atoms with Crippen molar-refractivity contribution in [3.63, 3.8) is 0 Å². The van der Waals surface area contributed by atoms with Crippen molar-refractivity contribution in [2.75, 3.05) is 18.2 Å². The van der Waals surface area contributed by atoms with Crippen LogP contribution in [-0.4, -0.2) is 42.0 Å². The fraction of sp³-hybridized carbons (Fsp3) is 0.381. The molecule has 2 aromatic rings. The number of hydrogen-bond donors (Lipinski definition) is 1. The Labute approximate surface area is 171 Å². The van der Waals surface area contributed by atoms with Crippen LogP contribution in [0.3, 0.4) is 0 Å².